The Morgan fingerprint density at radius 1 is 0.920 bits per heavy atom. The number of ether oxygens (including phenoxy) is 4. The van der Waals surface area contributed by atoms with Gasteiger partial charge in [-0.3, -0.25) is 19.2 Å². The fraction of sp³-hybridized carbons (Fsp3) is 0.733. The molecule has 1 fully saturated rings. The van der Waals surface area contributed by atoms with Crippen molar-refractivity contribution in [2.24, 2.45) is 0 Å². The molecule has 0 amide bonds. The van der Waals surface area contributed by atoms with Gasteiger partial charge in [0.1, 0.15) is 24.1 Å². The molecule has 8 nitrogen and oxygen atoms in total. The van der Waals surface area contributed by atoms with Crippen LogP contribution in [0.5, 0.6) is 0 Å². The predicted octanol–water partition coefficient (Wildman–Crippen LogP) is 1.15. The third-order valence-corrected chi connectivity index (χ3v) is 5.45. The van der Waals surface area contributed by atoms with Gasteiger partial charge in [-0.15, -0.1) is 0 Å². The van der Waals surface area contributed by atoms with E-state index in [2.05, 4.69) is 0 Å². The molecule has 1 saturated heterocycles. The van der Waals surface area contributed by atoms with Gasteiger partial charge >= 0.3 is 11.9 Å². The molecule has 0 N–H and O–H groups in total. The highest BCUT2D eigenvalue weighted by Gasteiger charge is 2.50. The maximum absolute atomic E-state index is 11.7. The van der Waals surface area contributed by atoms with Gasteiger partial charge in [-0.05, 0) is 0 Å². The number of hydrogen-bond donors (Lipinski definition) is 0. The molecule has 0 radical (unpaired) electrons. The van der Waals surface area contributed by atoms with Crippen LogP contribution in [0.25, 0.3) is 0 Å². The molecule has 1 rings (SSSR count). The summed E-state index contributed by atoms with van der Waals surface area (Å²) in [5.74, 6) is -1.07. The Labute approximate surface area is 154 Å². The Hall–Kier alpha value is -1.10. The van der Waals surface area contributed by atoms with Crippen LogP contribution in [-0.2, 0) is 38.1 Å². The van der Waals surface area contributed by atoms with Crippen molar-refractivity contribution >= 4 is 45.7 Å². The lowest BCUT2D eigenvalue weighted by Gasteiger charge is -2.44. The molecular weight excluding hydrogens is 372 g/mol. The quantitative estimate of drug-likeness (QED) is 0.609. The molecular formula is C15H22O8S2. The first-order valence-electron chi connectivity index (χ1n) is 7.49. The summed E-state index contributed by atoms with van der Waals surface area (Å²) in [6, 6.07) is 0. The summed E-state index contributed by atoms with van der Waals surface area (Å²) in [5, 5.41) is -1.74. The number of thioether (sulfide) groups is 2. The van der Waals surface area contributed by atoms with Crippen LogP contribution < -0.4 is 0 Å². The van der Waals surface area contributed by atoms with Gasteiger partial charge in [-0.1, -0.05) is 23.5 Å². The predicted molar refractivity (Wildman–Crippen MR) is 92.0 cm³/mol. The third-order valence-electron chi connectivity index (χ3n) is 3.18. The van der Waals surface area contributed by atoms with Crippen LogP contribution >= 0.6 is 23.5 Å². The summed E-state index contributed by atoms with van der Waals surface area (Å²) in [4.78, 5) is 45.9. The first-order chi connectivity index (χ1) is 11.6. The van der Waals surface area contributed by atoms with Crippen LogP contribution in [0, 0.1) is 0 Å². The van der Waals surface area contributed by atoms with E-state index in [1.54, 1.807) is 0 Å². The van der Waals surface area contributed by atoms with Crippen LogP contribution in [0.4, 0.5) is 0 Å². The second kappa shape index (κ2) is 10.1. The molecule has 10 heteroatoms. The van der Waals surface area contributed by atoms with Crippen molar-refractivity contribution in [1.82, 2.24) is 0 Å². The smallest absolute Gasteiger partial charge is 0.302 e. The molecule has 0 aromatic carbocycles. The summed E-state index contributed by atoms with van der Waals surface area (Å²) in [7, 11) is 1.39. The van der Waals surface area contributed by atoms with E-state index in [9.17, 15) is 19.2 Å². The van der Waals surface area contributed by atoms with Crippen molar-refractivity contribution in [3.63, 3.8) is 0 Å². The van der Waals surface area contributed by atoms with Gasteiger partial charge in [-0.2, -0.15) is 0 Å². The van der Waals surface area contributed by atoms with E-state index in [0.29, 0.717) is 0 Å². The summed E-state index contributed by atoms with van der Waals surface area (Å²) in [6.07, 6.45) is -2.45. The normalized spacial score (nSPS) is 28.9. The first-order valence-corrected chi connectivity index (χ1v) is 9.25. The fourth-order valence-corrected chi connectivity index (χ4v) is 4.54. The molecule has 25 heavy (non-hydrogen) atoms. The lowest BCUT2D eigenvalue weighted by atomic mass is 10.0. The van der Waals surface area contributed by atoms with Gasteiger partial charge in [0, 0.05) is 34.8 Å². The van der Waals surface area contributed by atoms with Gasteiger partial charge in [-0.25, -0.2) is 0 Å². The Kier molecular flexibility index (Phi) is 8.91. The van der Waals surface area contributed by atoms with Crippen molar-refractivity contribution < 1.29 is 38.1 Å². The molecule has 5 atom stereocenters. The second-order valence-electron chi connectivity index (χ2n) is 5.30. The van der Waals surface area contributed by atoms with Crippen LogP contribution in [-0.4, -0.2) is 64.9 Å². The van der Waals surface area contributed by atoms with Crippen LogP contribution in [0.2, 0.25) is 0 Å². The second-order valence-corrected chi connectivity index (χ2v) is 8.01. The molecule has 0 unspecified atom stereocenters. The maximum Gasteiger partial charge on any atom is 0.302 e. The average Bonchev–Trinajstić information content (AvgIpc) is 2.48. The van der Waals surface area contributed by atoms with E-state index in [1.165, 1.54) is 34.8 Å². The van der Waals surface area contributed by atoms with E-state index < -0.39 is 40.9 Å². The highest BCUT2D eigenvalue weighted by Crippen LogP contribution is 2.38. The highest BCUT2D eigenvalue weighted by atomic mass is 32.2. The lowest BCUT2D eigenvalue weighted by molar-refractivity contribution is -0.213. The highest BCUT2D eigenvalue weighted by molar-refractivity contribution is 8.15. The van der Waals surface area contributed by atoms with E-state index in [0.717, 1.165) is 23.5 Å². The summed E-state index contributed by atoms with van der Waals surface area (Å²) >= 11 is 1.83. The zero-order valence-corrected chi connectivity index (χ0v) is 16.3. The molecule has 0 aromatic heterocycles. The number of rotatable bonds is 6. The zero-order valence-electron chi connectivity index (χ0n) is 14.7. The van der Waals surface area contributed by atoms with Crippen molar-refractivity contribution in [3.8, 4) is 0 Å². The standard InChI is InChI=1S/C15H22O8S2/c1-7(16)21-6-11-13(24-9(3)18)12(22-8(2)17)14(25-10(4)19)15(20-5)23-11/h11-15H,6H2,1-5H3/t11-,12+,13-,14+,15-/m1/s1. The topological polar surface area (TPSA) is 105 Å². The van der Waals surface area contributed by atoms with Crippen LogP contribution in [0.1, 0.15) is 27.7 Å². The first kappa shape index (κ1) is 21.9. The molecule has 0 spiro atoms. The van der Waals surface area contributed by atoms with Crippen molar-refractivity contribution in [2.45, 2.75) is 56.7 Å². The Balaban J connectivity index is 3.18. The lowest BCUT2D eigenvalue weighted by Crippen LogP contribution is -2.58. The Morgan fingerprint density at radius 3 is 1.92 bits per heavy atom. The fourth-order valence-electron chi connectivity index (χ4n) is 2.38. The molecule has 0 aromatic rings. The number of methoxy groups -OCH3 is 1. The number of carbonyl (C=O) groups excluding carboxylic acids is 4. The third kappa shape index (κ3) is 6.96. The molecule has 1 aliphatic rings. The number of esters is 2. The van der Waals surface area contributed by atoms with Gasteiger partial charge in [0.15, 0.2) is 16.5 Å². The minimum Gasteiger partial charge on any atom is -0.463 e. The van der Waals surface area contributed by atoms with Gasteiger partial charge in [0.25, 0.3) is 0 Å². The minimum absolute atomic E-state index is 0.130. The van der Waals surface area contributed by atoms with Crippen molar-refractivity contribution in [3.05, 3.63) is 0 Å². The largest absolute Gasteiger partial charge is 0.463 e. The monoisotopic (exact) mass is 394 g/mol. The van der Waals surface area contributed by atoms with Gasteiger partial charge in [0.2, 0.25) is 0 Å². The van der Waals surface area contributed by atoms with E-state index in [-0.39, 0.29) is 16.8 Å². The Bertz CT molecular complexity index is 524. The van der Waals surface area contributed by atoms with E-state index in [4.69, 9.17) is 18.9 Å². The SMILES string of the molecule is CO[C@@H]1O[C@H](COC(C)=O)[C@@H](SC(C)=O)[C@H](OC(C)=O)[C@@H]1SC(C)=O. The Morgan fingerprint density at radius 2 is 1.48 bits per heavy atom. The van der Waals surface area contributed by atoms with E-state index in [1.807, 2.05) is 0 Å². The average molecular weight is 394 g/mol. The number of carbonyl (C=O) groups is 4. The van der Waals surface area contributed by atoms with Gasteiger partial charge < -0.3 is 18.9 Å². The summed E-state index contributed by atoms with van der Waals surface area (Å²) < 4.78 is 21.5. The molecule has 142 valence electrons. The molecule has 0 saturated carbocycles. The molecule has 0 aliphatic carbocycles. The summed E-state index contributed by atoms with van der Waals surface area (Å²) in [5.41, 5.74) is 0. The minimum atomic E-state index is -0.873. The zero-order chi connectivity index (χ0) is 19.1. The van der Waals surface area contributed by atoms with Crippen LogP contribution in [0.3, 0.4) is 0 Å². The number of hydrogen-bond acceptors (Lipinski definition) is 10. The maximum atomic E-state index is 11.7. The van der Waals surface area contributed by atoms with E-state index >= 15 is 0 Å². The van der Waals surface area contributed by atoms with Crippen molar-refractivity contribution in [1.29, 1.82) is 0 Å². The van der Waals surface area contributed by atoms with Crippen LogP contribution in [0.15, 0.2) is 0 Å². The molecule has 0 bridgehead atoms. The molecule has 1 heterocycles. The summed E-state index contributed by atoms with van der Waals surface area (Å²) in [6.45, 7) is 5.11. The van der Waals surface area contributed by atoms with Gasteiger partial charge in [0.05, 0.1) is 5.25 Å². The van der Waals surface area contributed by atoms with Crippen molar-refractivity contribution in [2.75, 3.05) is 13.7 Å². The molecule has 1 aliphatic heterocycles.